The second kappa shape index (κ2) is 8.34. The van der Waals surface area contributed by atoms with E-state index in [-0.39, 0.29) is 12.5 Å². The molecule has 0 aliphatic carbocycles. The molecule has 0 radical (unpaired) electrons. The molecule has 2 rings (SSSR count). The Morgan fingerprint density at radius 3 is 2.46 bits per heavy atom. The number of carbonyl (C=O) groups is 2. The van der Waals surface area contributed by atoms with Gasteiger partial charge in [0.2, 0.25) is 0 Å². The van der Waals surface area contributed by atoms with Gasteiger partial charge in [0.1, 0.15) is 12.7 Å². The number of halogens is 1. The summed E-state index contributed by atoms with van der Waals surface area (Å²) in [4.78, 5) is 25.5. The molecular formula is C20H29FN2O5. The number of allylic oxidation sites excluding steroid dienone is 2. The van der Waals surface area contributed by atoms with E-state index in [9.17, 15) is 9.59 Å². The lowest BCUT2D eigenvalue weighted by molar-refractivity contribution is -0.165. The number of nitrogens with two attached hydrogens (primary N) is 1. The summed E-state index contributed by atoms with van der Waals surface area (Å²) in [6.45, 7) is 11.6. The van der Waals surface area contributed by atoms with Gasteiger partial charge in [0.05, 0.1) is 11.8 Å². The van der Waals surface area contributed by atoms with Crippen LogP contribution in [0.2, 0.25) is 0 Å². The summed E-state index contributed by atoms with van der Waals surface area (Å²) in [5.74, 6) is -1.79. The maximum atomic E-state index is 15.8. The molecule has 1 fully saturated rings. The standard InChI is InChI=1S/C20H29FN2O5/c1-11(2)17(24)26-10-15-16(28-18(25)12(3)4)20(6,21)19(27-15)23-8-7-14(22)9-13(23)5/h7-9,11-12,15-16,19H,5,10,22H2,1-4,6H3/t15-,16+,19?,20+/m1/s1. The largest absolute Gasteiger partial charge is 0.463 e. The Balaban J connectivity index is 2.26. The summed E-state index contributed by atoms with van der Waals surface area (Å²) in [6.07, 6.45) is 1.39. The average molecular weight is 396 g/mol. The van der Waals surface area contributed by atoms with Gasteiger partial charge in [-0.15, -0.1) is 0 Å². The van der Waals surface area contributed by atoms with E-state index >= 15 is 4.39 Å². The van der Waals surface area contributed by atoms with Crippen LogP contribution >= 0.6 is 0 Å². The predicted molar refractivity (Wildman–Crippen MR) is 101 cm³/mol. The van der Waals surface area contributed by atoms with E-state index < -0.39 is 42.0 Å². The normalized spacial score (nSPS) is 30.0. The van der Waals surface area contributed by atoms with Crippen LogP contribution < -0.4 is 5.73 Å². The van der Waals surface area contributed by atoms with Gasteiger partial charge in [0.25, 0.3) is 0 Å². The zero-order chi connectivity index (χ0) is 21.2. The van der Waals surface area contributed by atoms with Crippen molar-refractivity contribution >= 4 is 11.9 Å². The molecule has 0 aromatic rings. The molecule has 0 spiro atoms. The van der Waals surface area contributed by atoms with Crippen LogP contribution in [-0.4, -0.2) is 47.5 Å². The van der Waals surface area contributed by atoms with E-state index in [2.05, 4.69) is 6.58 Å². The van der Waals surface area contributed by atoms with Crippen LogP contribution in [-0.2, 0) is 23.8 Å². The second-order valence-corrected chi connectivity index (χ2v) is 7.83. The Labute approximate surface area is 165 Å². The summed E-state index contributed by atoms with van der Waals surface area (Å²) in [5.41, 5.74) is 4.56. The van der Waals surface area contributed by atoms with Crippen molar-refractivity contribution in [3.63, 3.8) is 0 Å². The molecule has 1 saturated heterocycles. The highest BCUT2D eigenvalue weighted by Gasteiger charge is 2.59. The van der Waals surface area contributed by atoms with Crippen molar-refractivity contribution in [1.29, 1.82) is 0 Å². The quantitative estimate of drug-likeness (QED) is 0.689. The Morgan fingerprint density at radius 1 is 1.32 bits per heavy atom. The number of carbonyl (C=O) groups excluding carboxylic acids is 2. The number of rotatable bonds is 6. The van der Waals surface area contributed by atoms with Gasteiger partial charge >= 0.3 is 11.9 Å². The number of esters is 2. The lowest BCUT2D eigenvalue weighted by atomic mass is 9.96. The zero-order valence-corrected chi connectivity index (χ0v) is 17.0. The first-order valence-corrected chi connectivity index (χ1v) is 9.29. The van der Waals surface area contributed by atoms with E-state index in [0.717, 1.165) is 0 Å². The molecule has 2 N–H and O–H groups in total. The first-order chi connectivity index (χ1) is 12.9. The average Bonchev–Trinajstić information content (AvgIpc) is 2.83. The molecule has 4 atom stereocenters. The maximum absolute atomic E-state index is 15.8. The van der Waals surface area contributed by atoms with Crippen LogP contribution in [0.1, 0.15) is 34.6 Å². The van der Waals surface area contributed by atoms with Crippen molar-refractivity contribution in [2.75, 3.05) is 6.61 Å². The van der Waals surface area contributed by atoms with Crippen molar-refractivity contribution in [3.05, 3.63) is 36.3 Å². The molecule has 0 amide bonds. The van der Waals surface area contributed by atoms with Gasteiger partial charge in [-0.25, -0.2) is 4.39 Å². The third kappa shape index (κ3) is 4.55. The lowest BCUT2D eigenvalue weighted by Crippen LogP contribution is -2.50. The first kappa shape index (κ1) is 21.9. The Kier molecular flexibility index (Phi) is 6.54. The molecule has 156 valence electrons. The lowest BCUT2D eigenvalue weighted by Gasteiger charge is -2.35. The molecule has 7 nitrogen and oxygen atoms in total. The Morgan fingerprint density at radius 2 is 1.93 bits per heavy atom. The van der Waals surface area contributed by atoms with Crippen LogP contribution in [0.5, 0.6) is 0 Å². The number of ether oxygens (including phenoxy) is 3. The smallest absolute Gasteiger partial charge is 0.308 e. The SMILES string of the molecule is C=C1C=C(N)C=CN1C1O[C@H](COC(=O)C(C)C)[C@H](OC(=O)C(C)C)[C@]1(C)F. The van der Waals surface area contributed by atoms with Gasteiger partial charge in [-0.3, -0.25) is 9.59 Å². The highest BCUT2D eigenvalue weighted by atomic mass is 19.1. The van der Waals surface area contributed by atoms with Gasteiger partial charge in [-0.05, 0) is 19.1 Å². The topological polar surface area (TPSA) is 91.1 Å². The van der Waals surface area contributed by atoms with Gasteiger partial charge in [-0.2, -0.15) is 0 Å². The van der Waals surface area contributed by atoms with Gasteiger partial charge in [0, 0.05) is 17.6 Å². The van der Waals surface area contributed by atoms with E-state index in [4.69, 9.17) is 19.9 Å². The monoisotopic (exact) mass is 396 g/mol. The molecule has 0 aromatic carbocycles. The van der Waals surface area contributed by atoms with Crippen molar-refractivity contribution in [2.45, 2.75) is 58.7 Å². The van der Waals surface area contributed by atoms with Crippen LogP contribution in [0, 0.1) is 11.8 Å². The minimum Gasteiger partial charge on any atom is -0.463 e. The molecule has 0 aromatic heterocycles. The molecule has 2 aliphatic heterocycles. The van der Waals surface area contributed by atoms with Crippen molar-refractivity contribution in [2.24, 2.45) is 17.6 Å². The molecule has 2 heterocycles. The Bertz CT molecular complexity index is 699. The number of hydrogen-bond acceptors (Lipinski definition) is 7. The fraction of sp³-hybridized carbons (Fsp3) is 0.600. The van der Waals surface area contributed by atoms with Crippen LogP contribution in [0.4, 0.5) is 4.39 Å². The van der Waals surface area contributed by atoms with E-state index in [0.29, 0.717) is 11.4 Å². The molecule has 28 heavy (non-hydrogen) atoms. The molecule has 0 bridgehead atoms. The summed E-state index contributed by atoms with van der Waals surface area (Å²) in [5, 5.41) is 0. The summed E-state index contributed by atoms with van der Waals surface area (Å²) in [6, 6.07) is 0. The van der Waals surface area contributed by atoms with E-state index in [1.165, 1.54) is 11.8 Å². The summed E-state index contributed by atoms with van der Waals surface area (Å²) in [7, 11) is 0. The van der Waals surface area contributed by atoms with Crippen molar-refractivity contribution in [3.8, 4) is 0 Å². The Hall–Kier alpha value is -2.35. The zero-order valence-electron chi connectivity index (χ0n) is 17.0. The van der Waals surface area contributed by atoms with Gasteiger partial charge < -0.3 is 24.8 Å². The minimum atomic E-state index is -2.09. The third-order valence-electron chi connectivity index (χ3n) is 4.60. The molecule has 0 saturated carbocycles. The van der Waals surface area contributed by atoms with Crippen LogP contribution in [0.3, 0.4) is 0 Å². The van der Waals surface area contributed by atoms with Gasteiger partial charge in [0.15, 0.2) is 18.0 Å². The highest BCUT2D eigenvalue weighted by Crippen LogP contribution is 2.41. The predicted octanol–water partition coefficient (Wildman–Crippen LogP) is 2.39. The summed E-state index contributed by atoms with van der Waals surface area (Å²) >= 11 is 0. The number of nitrogens with zero attached hydrogens (tertiary/aromatic N) is 1. The van der Waals surface area contributed by atoms with E-state index in [1.54, 1.807) is 46.0 Å². The molecule has 1 unspecified atom stereocenters. The highest BCUT2D eigenvalue weighted by molar-refractivity contribution is 5.72. The second-order valence-electron chi connectivity index (χ2n) is 7.83. The molecule has 2 aliphatic rings. The minimum absolute atomic E-state index is 0.231. The number of alkyl halides is 1. The van der Waals surface area contributed by atoms with Crippen molar-refractivity contribution in [1.82, 2.24) is 4.90 Å². The maximum Gasteiger partial charge on any atom is 0.308 e. The van der Waals surface area contributed by atoms with Gasteiger partial charge in [-0.1, -0.05) is 34.3 Å². The first-order valence-electron chi connectivity index (χ1n) is 9.29. The van der Waals surface area contributed by atoms with Crippen LogP contribution in [0.25, 0.3) is 0 Å². The number of hydrogen-bond donors (Lipinski definition) is 1. The molecule has 8 heteroatoms. The summed E-state index contributed by atoms with van der Waals surface area (Å²) < 4.78 is 32.3. The fourth-order valence-corrected chi connectivity index (χ4v) is 2.93. The van der Waals surface area contributed by atoms with E-state index in [1.807, 2.05) is 0 Å². The van der Waals surface area contributed by atoms with Crippen molar-refractivity contribution < 1.29 is 28.2 Å². The fourth-order valence-electron chi connectivity index (χ4n) is 2.93. The molecular weight excluding hydrogens is 367 g/mol. The third-order valence-corrected chi connectivity index (χ3v) is 4.60. The van der Waals surface area contributed by atoms with Crippen LogP contribution in [0.15, 0.2) is 36.3 Å².